The summed E-state index contributed by atoms with van der Waals surface area (Å²) in [6.07, 6.45) is 0. The van der Waals surface area contributed by atoms with Gasteiger partial charge in [0.2, 0.25) is 0 Å². The van der Waals surface area contributed by atoms with Crippen LogP contribution in [0.4, 0.5) is 0 Å². The van der Waals surface area contributed by atoms with Gasteiger partial charge in [-0.1, -0.05) is 214 Å². The Hall–Kier alpha value is -12.6. The molecule has 0 amide bonds. The first-order valence-corrected chi connectivity index (χ1v) is 35.4. The molecule has 0 radical (unpaired) electrons. The van der Waals surface area contributed by atoms with Crippen LogP contribution in [0.3, 0.4) is 0 Å². The molecule has 0 aliphatic carbocycles. The third-order valence-electron chi connectivity index (χ3n) is 21.1. The van der Waals surface area contributed by atoms with Crippen molar-refractivity contribution in [2.75, 3.05) is 0 Å². The van der Waals surface area contributed by atoms with Crippen LogP contribution in [0.5, 0.6) is 0 Å². The van der Waals surface area contributed by atoms with E-state index in [-0.39, 0.29) is 0 Å². The van der Waals surface area contributed by atoms with E-state index in [0.29, 0.717) is 0 Å². The molecule has 486 valence electrons. The van der Waals surface area contributed by atoms with Gasteiger partial charge in [0.15, 0.2) is 0 Å². The van der Waals surface area contributed by atoms with Crippen LogP contribution in [0, 0.1) is 55.4 Å². The molecule has 13 aromatic carbocycles. The van der Waals surface area contributed by atoms with E-state index < -0.39 is 0 Å². The molecule has 19 aromatic rings. The number of hydrogen-bond donors (Lipinski definition) is 0. The fourth-order valence-corrected chi connectivity index (χ4v) is 16.5. The smallest absolute Gasteiger partial charge is 0.0811 e. The molecule has 6 aromatic heterocycles. The van der Waals surface area contributed by atoms with Gasteiger partial charge >= 0.3 is 0 Å². The normalized spacial score (nSPS) is 11.9. The van der Waals surface area contributed by atoms with Gasteiger partial charge in [-0.15, -0.1) is 0 Å². The van der Waals surface area contributed by atoms with Crippen LogP contribution in [-0.2, 0) is 0 Å². The lowest BCUT2D eigenvalue weighted by Gasteiger charge is -2.32. The zero-order valence-corrected chi connectivity index (χ0v) is 58.4. The molecule has 0 aliphatic rings. The first kappa shape index (κ1) is 60.5. The Morgan fingerprint density at radius 2 is 0.343 bits per heavy atom. The Bertz CT molecular complexity index is 5650. The Morgan fingerprint density at radius 3 is 0.510 bits per heavy atom. The van der Waals surface area contributed by atoms with Crippen LogP contribution in [0.25, 0.3) is 177 Å². The fourth-order valence-electron chi connectivity index (χ4n) is 16.5. The first-order chi connectivity index (χ1) is 49.8. The second-order valence-corrected chi connectivity index (χ2v) is 28.4. The van der Waals surface area contributed by atoms with Crippen LogP contribution in [0.15, 0.2) is 291 Å². The summed E-state index contributed by atoms with van der Waals surface area (Å²) >= 11 is 0. The van der Waals surface area contributed by atoms with E-state index in [0.717, 1.165) is 134 Å². The SMILES string of the molecule is Cc1ccc2c(c1)c1cc(C)ccc1n2-c1c(-c2cc(-c3ccccc3)nc(-c3ccccc3)c2)c(-n2c3ccc(C)cc3c3cc(C)ccc32)c(-n2c3ccc(C)cc3c3cc(C)ccc32)c(-c2cc(-c3ccccc3)nc(-c3ccccc3)c2)c1-n1c2ccc(C)cc2c2cc(C)ccc21. The monoisotopic (exact) mass is 1310 g/mol. The fraction of sp³-hybridized carbons (Fsp3) is 0.0833. The topological polar surface area (TPSA) is 45.5 Å². The third-order valence-corrected chi connectivity index (χ3v) is 21.1. The summed E-state index contributed by atoms with van der Waals surface area (Å²) in [5, 5.41) is 9.40. The molecule has 0 saturated carbocycles. The maximum absolute atomic E-state index is 5.78. The molecule has 0 saturated heterocycles. The lowest BCUT2D eigenvalue weighted by atomic mass is 9.88. The van der Waals surface area contributed by atoms with Crippen LogP contribution in [0.1, 0.15) is 44.5 Å². The number of benzene rings is 13. The largest absolute Gasteiger partial charge is 0.306 e. The summed E-state index contributed by atoms with van der Waals surface area (Å²) in [4.78, 5) is 11.6. The predicted octanol–water partition coefficient (Wildman–Crippen LogP) is 25.3. The second-order valence-electron chi connectivity index (χ2n) is 28.4. The van der Waals surface area contributed by atoms with Crippen LogP contribution >= 0.6 is 0 Å². The molecule has 19 rings (SSSR count). The van der Waals surface area contributed by atoms with Gasteiger partial charge in [0.05, 0.1) is 89.7 Å². The Labute approximate surface area is 592 Å². The van der Waals surface area contributed by atoms with Crippen molar-refractivity contribution in [3.05, 3.63) is 336 Å². The van der Waals surface area contributed by atoms with Gasteiger partial charge in [-0.25, -0.2) is 9.97 Å². The molecule has 0 N–H and O–H groups in total. The van der Waals surface area contributed by atoms with E-state index in [1.165, 1.54) is 87.6 Å². The van der Waals surface area contributed by atoms with E-state index in [1.807, 2.05) is 0 Å². The first-order valence-electron chi connectivity index (χ1n) is 35.4. The van der Waals surface area contributed by atoms with Gasteiger partial charge in [0.25, 0.3) is 0 Å². The average molecular weight is 1310 g/mol. The van der Waals surface area contributed by atoms with Gasteiger partial charge in [0.1, 0.15) is 0 Å². The highest BCUT2D eigenvalue weighted by Crippen LogP contribution is 2.56. The highest BCUT2D eigenvalue weighted by molar-refractivity contribution is 6.19. The molecule has 0 bridgehead atoms. The highest BCUT2D eigenvalue weighted by Gasteiger charge is 2.37. The zero-order chi connectivity index (χ0) is 68.8. The minimum atomic E-state index is 0.859. The van der Waals surface area contributed by atoms with Crippen LogP contribution in [-0.4, -0.2) is 28.2 Å². The molecule has 6 heterocycles. The lowest BCUT2D eigenvalue weighted by Crippen LogP contribution is -2.16. The lowest BCUT2D eigenvalue weighted by molar-refractivity contribution is 1.05. The Balaban J connectivity index is 1.21. The van der Waals surface area contributed by atoms with Crippen molar-refractivity contribution in [2.45, 2.75) is 55.4 Å². The summed E-state index contributed by atoms with van der Waals surface area (Å²) in [6, 6.07) is 110. The van der Waals surface area contributed by atoms with Gasteiger partial charge in [-0.05, 0) is 188 Å². The molecule has 0 fully saturated rings. The molecule has 0 atom stereocenters. The molecule has 6 heteroatoms. The summed E-state index contributed by atoms with van der Waals surface area (Å²) in [5.41, 5.74) is 33.7. The second kappa shape index (κ2) is 23.5. The maximum Gasteiger partial charge on any atom is 0.0811 e. The quantitative estimate of drug-likeness (QED) is 0.137. The summed E-state index contributed by atoms with van der Waals surface area (Å²) in [6.45, 7) is 17.8. The highest BCUT2D eigenvalue weighted by atomic mass is 15.1. The maximum atomic E-state index is 5.78. The Morgan fingerprint density at radius 1 is 0.176 bits per heavy atom. The van der Waals surface area contributed by atoms with E-state index in [2.05, 4.69) is 365 Å². The van der Waals surface area contributed by atoms with E-state index in [9.17, 15) is 0 Å². The molecule has 102 heavy (non-hydrogen) atoms. The summed E-state index contributed by atoms with van der Waals surface area (Å²) < 4.78 is 10.6. The van der Waals surface area contributed by atoms with E-state index >= 15 is 0 Å². The molecule has 0 spiro atoms. The number of aryl methyl sites for hydroxylation is 8. The van der Waals surface area contributed by atoms with Crippen molar-refractivity contribution in [1.29, 1.82) is 0 Å². The molecule has 0 aliphatic heterocycles. The van der Waals surface area contributed by atoms with Crippen LogP contribution in [0.2, 0.25) is 0 Å². The molecule has 6 nitrogen and oxygen atoms in total. The average Bonchev–Trinajstić information content (AvgIpc) is 1.44. The van der Waals surface area contributed by atoms with Crippen molar-refractivity contribution >= 4 is 87.2 Å². The molecular formula is C96H72N6. The van der Waals surface area contributed by atoms with Gasteiger partial charge < -0.3 is 18.3 Å². The number of pyridine rings is 2. The Kier molecular flexibility index (Phi) is 14.0. The summed E-state index contributed by atoms with van der Waals surface area (Å²) in [5.74, 6) is 0. The van der Waals surface area contributed by atoms with E-state index in [4.69, 9.17) is 9.97 Å². The van der Waals surface area contributed by atoms with E-state index in [1.54, 1.807) is 0 Å². The minimum Gasteiger partial charge on any atom is -0.306 e. The summed E-state index contributed by atoms with van der Waals surface area (Å²) in [7, 11) is 0. The number of aromatic nitrogens is 6. The van der Waals surface area contributed by atoms with Crippen molar-refractivity contribution < 1.29 is 0 Å². The number of nitrogens with zero attached hydrogens (tertiary/aromatic N) is 6. The zero-order valence-electron chi connectivity index (χ0n) is 58.4. The van der Waals surface area contributed by atoms with Crippen LogP contribution < -0.4 is 0 Å². The predicted molar refractivity (Wildman–Crippen MR) is 430 cm³/mol. The van der Waals surface area contributed by atoms with Crippen molar-refractivity contribution in [3.63, 3.8) is 0 Å². The van der Waals surface area contributed by atoms with Gasteiger partial charge in [0, 0.05) is 76.5 Å². The van der Waals surface area contributed by atoms with Gasteiger partial charge in [-0.3, -0.25) is 0 Å². The standard InChI is InChI=1S/C96H72N6/c1-57-29-37-83-71(45-57)72-46-58(2)30-38-84(72)99(83)93-91(69-53-79(65-21-13-9-14-22-65)97-80(54-69)66-23-15-10-16-24-66)95(101-87-41-33-61(5)49-75(87)76-50-62(6)34-42-88(76)101)96(102-89-43-35-63(7)51-77(89)78-52-64(8)36-44-90(78)102)92(94(93)100-85-39-31-59(3)47-73(85)74-48-60(4)32-40-86(74)100)70-55-81(67-25-17-11-18-26-67)98-82(56-70)68-27-19-12-20-28-68/h9-56H,1-8H3. The van der Waals surface area contributed by atoms with Gasteiger partial charge in [-0.2, -0.15) is 0 Å². The number of fused-ring (bicyclic) bond motifs is 12. The molecule has 0 unspecified atom stereocenters. The van der Waals surface area contributed by atoms with Crippen molar-refractivity contribution in [3.8, 4) is 90.0 Å². The third kappa shape index (κ3) is 9.69. The minimum absolute atomic E-state index is 0.859. The van der Waals surface area contributed by atoms with Crippen molar-refractivity contribution in [1.82, 2.24) is 28.2 Å². The number of rotatable bonds is 10. The van der Waals surface area contributed by atoms with Crippen molar-refractivity contribution in [2.24, 2.45) is 0 Å². The number of hydrogen-bond acceptors (Lipinski definition) is 2. The molecular weight excluding hydrogens is 1240 g/mol.